The normalized spacial score (nSPS) is 15.9. The highest BCUT2D eigenvalue weighted by Crippen LogP contribution is 2.34. The summed E-state index contributed by atoms with van der Waals surface area (Å²) in [5.74, 6) is 1.24. The van der Waals surface area contributed by atoms with Gasteiger partial charge in [0.2, 0.25) is 0 Å². The third kappa shape index (κ3) is 9.76. The summed E-state index contributed by atoms with van der Waals surface area (Å²) in [6.07, 6.45) is 10.3. The van der Waals surface area contributed by atoms with Crippen LogP contribution in [0.1, 0.15) is 112 Å². The van der Waals surface area contributed by atoms with Crippen LogP contribution >= 0.6 is 0 Å². The molecule has 2 saturated heterocycles. The number of hydrogen-bond acceptors (Lipinski definition) is 12. The Morgan fingerprint density at radius 2 is 1.09 bits per heavy atom. The van der Waals surface area contributed by atoms with E-state index < -0.39 is 31.9 Å². The summed E-state index contributed by atoms with van der Waals surface area (Å²) in [5, 5.41) is 19.2. The van der Waals surface area contributed by atoms with Gasteiger partial charge in [0, 0.05) is 57.4 Å². The maximum absolute atomic E-state index is 13.2. The molecule has 2 fully saturated rings. The summed E-state index contributed by atoms with van der Waals surface area (Å²) in [6, 6.07) is 9.87. The molecule has 0 radical (unpaired) electrons. The minimum absolute atomic E-state index is 0.0154. The molecule has 2 aliphatic rings. The zero-order valence-corrected chi connectivity index (χ0v) is 39.7. The first kappa shape index (κ1) is 47.5. The molecule has 20 heteroatoms. The van der Waals surface area contributed by atoms with Crippen molar-refractivity contribution in [2.24, 2.45) is 11.8 Å². The third-order valence-electron chi connectivity index (χ3n) is 12.9. The first-order valence-electron chi connectivity index (χ1n) is 22.0. The van der Waals surface area contributed by atoms with Gasteiger partial charge in [-0.3, -0.25) is 4.79 Å². The predicted molar refractivity (Wildman–Crippen MR) is 243 cm³/mol. The molecule has 1 amide bonds. The molecule has 2 aromatic carbocycles. The molecular formula is C45H59N9O9S2. The standard InChI is InChI=1S/C23H31N5O4S.C22H28N4O5S/c1-5-23(2,3)22-26-19-12-18(33(30,31)28-15-17(13-25-28)21(29)24-4)6-7-20(19)27(22)14-16-8-10-32-11-9-16;1-4-22(2,3)21-24-18-11-17(32(29,30)26-14-16(12-23-26)20(27)28)5-6-19(18)25(21)13-15-7-9-31-10-8-15/h6-7,12-13,15-16H,5,8-11,14H2,1-4H3,(H,24,29);5-6,11-12,14-15H,4,7-10,13H2,1-3H3,(H,27,28). The lowest BCUT2D eigenvalue weighted by Crippen LogP contribution is -2.26. The molecule has 0 saturated carbocycles. The Labute approximate surface area is 379 Å². The van der Waals surface area contributed by atoms with Crippen molar-refractivity contribution in [1.29, 1.82) is 0 Å². The van der Waals surface area contributed by atoms with E-state index in [1.807, 2.05) is 6.07 Å². The second kappa shape index (κ2) is 18.8. The lowest BCUT2D eigenvalue weighted by atomic mass is 9.89. The van der Waals surface area contributed by atoms with E-state index in [2.05, 4.69) is 66.2 Å². The Kier molecular flexibility index (Phi) is 13.8. The summed E-state index contributed by atoms with van der Waals surface area (Å²) in [4.78, 5) is 32.8. The number of carboxylic acid groups (broad SMARTS) is 1. The Bertz CT molecular complexity index is 2920. The number of rotatable bonds is 14. The molecule has 65 heavy (non-hydrogen) atoms. The van der Waals surface area contributed by atoms with Gasteiger partial charge in [0.1, 0.15) is 11.6 Å². The van der Waals surface area contributed by atoms with E-state index in [-0.39, 0.29) is 31.7 Å². The third-order valence-corrected chi connectivity index (χ3v) is 16.0. The van der Waals surface area contributed by atoms with Gasteiger partial charge in [-0.1, -0.05) is 41.5 Å². The van der Waals surface area contributed by atoms with Gasteiger partial charge >= 0.3 is 5.97 Å². The number of nitrogens with one attached hydrogen (secondary N) is 1. The highest BCUT2D eigenvalue weighted by Gasteiger charge is 2.31. The maximum atomic E-state index is 13.2. The second-order valence-electron chi connectivity index (χ2n) is 18.1. The van der Waals surface area contributed by atoms with E-state index in [0.717, 1.165) is 117 Å². The van der Waals surface area contributed by atoms with E-state index in [1.54, 1.807) is 24.3 Å². The zero-order valence-electron chi connectivity index (χ0n) is 38.0. The van der Waals surface area contributed by atoms with Crippen LogP contribution in [0.4, 0.5) is 0 Å². The summed E-state index contributed by atoms with van der Waals surface area (Å²) in [6.45, 7) is 17.6. The SMILES string of the molecule is CCC(C)(C)c1nc2cc(S(=O)(=O)n3cc(C(=O)NC)cn3)ccc2n1CC1CCOCC1.CCC(C)(C)c1nc2cc(S(=O)(=O)n3cc(C(=O)O)cn3)ccc2n1CC1CCOCC1. The average Bonchev–Trinajstić information content (AvgIpc) is 4.13. The fourth-order valence-electron chi connectivity index (χ4n) is 8.09. The molecule has 0 unspecified atom stereocenters. The molecule has 0 bridgehead atoms. The summed E-state index contributed by atoms with van der Waals surface area (Å²) in [5.41, 5.74) is 2.69. The van der Waals surface area contributed by atoms with Gasteiger partial charge in [0.25, 0.3) is 26.0 Å². The lowest BCUT2D eigenvalue weighted by Gasteiger charge is -2.28. The molecule has 0 aliphatic carbocycles. The first-order valence-corrected chi connectivity index (χ1v) is 24.9. The molecule has 8 rings (SSSR count). The van der Waals surface area contributed by atoms with Crippen LogP contribution < -0.4 is 5.32 Å². The van der Waals surface area contributed by atoms with Crippen molar-refractivity contribution in [3.8, 4) is 0 Å². The first-order chi connectivity index (χ1) is 30.8. The molecule has 350 valence electrons. The highest BCUT2D eigenvalue weighted by molar-refractivity contribution is 7.90. The smallest absolute Gasteiger partial charge is 0.338 e. The van der Waals surface area contributed by atoms with Crippen LogP contribution in [-0.4, -0.2) is 105 Å². The summed E-state index contributed by atoms with van der Waals surface area (Å²) < 4.78 is 69.4. The molecule has 4 aromatic heterocycles. The fourth-order valence-corrected chi connectivity index (χ4v) is 10.4. The number of imidazole rings is 2. The van der Waals surface area contributed by atoms with Gasteiger partial charge in [0.15, 0.2) is 0 Å². The number of carboxylic acids is 1. The van der Waals surface area contributed by atoms with Crippen LogP contribution in [0.25, 0.3) is 22.1 Å². The van der Waals surface area contributed by atoms with E-state index in [1.165, 1.54) is 25.5 Å². The van der Waals surface area contributed by atoms with Gasteiger partial charge in [-0.05, 0) is 86.8 Å². The molecule has 0 spiro atoms. The quantitative estimate of drug-likeness (QED) is 0.124. The number of fused-ring (bicyclic) bond motifs is 2. The molecule has 2 aliphatic heterocycles. The number of benzene rings is 2. The average molecular weight is 934 g/mol. The number of nitrogens with zero attached hydrogens (tertiary/aromatic N) is 8. The summed E-state index contributed by atoms with van der Waals surface area (Å²) >= 11 is 0. The van der Waals surface area contributed by atoms with Crippen LogP contribution in [0, 0.1) is 11.8 Å². The van der Waals surface area contributed by atoms with Crippen molar-refractivity contribution < 1.29 is 41.0 Å². The van der Waals surface area contributed by atoms with E-state index in [9.17, 15) is 26.4 Å². The number of hydrogen-bond donors (Lipinski definition) is 2. The molecule has 2 N–H and O–H groups in total. The van der Waals surface area contributed by atoms with Gasteiger partial charge in [-0.15, -0.1) is 0 Å². The van der Waals surface area contributed by atoms with E-state index >= 15 is 0 Å². The second-order valence-corrected chi connectivity index (χ2v) is 21.7. The van der Waals surface area contributed by atoms with Gasteiger partial charge in [-0.25, -0.2) is 14.8 Å². The van der Waals surface area contributed by atoms with Crippen molar-refractivity contribution >= 4 is 54.0 Å². The minimum Gasteiger partial charge on any atom is -0.478 e. The Morgan fingerprint density at radius 3 is 1.46 bits per heavy atom. The molecular weight excluding hydrogens is 875 g/mol. The van der Waals surface area contributed by atoms with Gasteiger partial charge in [0.05, 0.1) is 67.8 Å². The maximum Gasteiger partial charge on any atom is 0.338 e. The van der Waals surface area contributed by atoms with Crippen LogP contribution in [-0.2, 0) is 53.4 Å². The number of amides is 1. The topological polar surface area (TPSA) is 224 Å². The highest BCUT2D eigenvalue weighted by atomic mass is 32.2. The van der Waals surface area contributed by atoms with E-state index in [0.29, 0.717) is 27.0 Å². The van der Waals surface area contributed by atoms with Crippen molar-refractivity contribution in [3.63, 3.8) is 0 Å². The molecule has 6 aromatic rings. The zero-order chi connectivity index (χ0) is 46.9. The van der Waals surface area contributed by atoms with Crippen LogP contribution in [0.15, 0.2) is 71.0 Å². The van der Waals surface area contributed by atoms with Crippen LogP contribution in [0.3, 0.4) is 0 Å². The van der Waals surface area contributed by atoms with Crippen molar-refractivity contribution in [2.45, 2.75) is 114 Å². The number of carbonyl (C=O) groups is 2. The van der Waals surface area contributed by atoms with Gasteiger partial charge in [-0.2, -0.15) is 35.2 Å². The van der Waals surface area contributed by atoms with Crippen molar-refractivity contribution in [3.05, 3.63) is 84.0 Å². The largest absolute Gasteiger partial charge is 0.478 e. The number of ether oxygens (including phenoxy) is 2. The molecule has 18 nitrogen and oxygen atoms in total. The van der Waals surface area contributed by atoms with Crippen molar-refractivity contribution in [2.75, 3.05) is 33.5 Å². The lowest BCUT2D eigenvalue weighted by molar-refractivity contribution is 0.0609. The number of aromatic carboxylic acids is 1. The Balaban J connectivity index is 0.000000194. The predicted octanol–water partition coefficient (Wildman–Crippen LogP) is 6.23. The Hall–Kier alpha value is -5.44. The fraction of sp³-hybridized carbons (Fsp3) is 0.511. The minimum atomic E-state index is -4.04. The molecule has 0 atom stereocenters. The Morgan fingerprint density at radius 1 is 0.692 bits per heavy atom. The van der Waals surface area contributed by atoms with Crippen molar-refractivity contribution in [1.82, 2.24) is 42.8 Å². The van der Waals surface area contributed by atoms with E-state index in [4.69, 9.17) is 24.5 Å². The molecule has 6 heterocycles. The monoisotopic (exact) mass is 933 g/mol. The van der Waals surface area contributed by atoms with Crippen LogP contribution in [0.2, 0.25) is 0 Å². The number of carbonyl (C=O) groups excluding carboxylic acids is 1. The van der Waals surface area contributed by atoms with Crippen LogP contribution in [0.5, 0.6) is 0 Å². The van der Waals surface area contributed by atoms with Gasteiger partial charge < -0.3 is 29.0 Å². The number of aromatic nitrogens is 8. The summed E-state index contributed by atoms with van der Waals surface area (Å²) in [7, 11) is -6.52.